The Balaban J connectivity index is 1.65. The van der Waals surface area contributed by atoms with Crippen LogP contribution in [0.4, 0.5) is 0 Å². The molecule has 1 aromatic carbocycles. The lowest BCUT2D eigenvalue weighted by Gasteiger charge is -2.34. The van der Waals surface area contributed by atoms with Crippen LogP contribution in [-0.4, -0.2) is 40.0 Å². The van der Waals surface area contributed by atoms with Crippen molar-refractivity contribution in [3.63, 3.8) is 0 Å². The summed E-state index contributed by atoms with van der Waals surface area (Å²) < 4.78 is 27.9. The molecule has 0 atom stereocenters. The average molecular weight is 380 g/mol. The van der Waals surface area contributed by atoms with E-state index in [1.54, 1.807) is 18.2 Å². The number of carbonyl (C=O) groups is 1. The minimum atomic E-state index is -3.59. The van der Waals surface area contributed by atoms with E-state index in [4.69, 9.17) is 0 Å². The number of amides is 1. The molecule has 1 amide bonds. The first kappa shape index (κ1) is 19.3. The minimum Gasteiger partial charge on any atom is -0.351 e. The third kappa shape index (κ3) is 4.84. The zero-order valence-electron chi connectivity index (χ0n) is 15.4. The lowest BCUT2D eigenvalue weighted by Crippen LogP contribution is -2.42. The maximum absolute atomic E-state index is 12.6. The van der Waals surface area contributed by atoms with E-state index in [1.807, 2.05) is 0 Å². The van der Waals surface area contributed by atoms with Crippen molar-refractivity contribution in [1.82, 2.24) is 15.4 Å². The highest BCUT2D eigenvalue weighted by Gasteiger charge is 2.27. The monoisotopic (exact) mass is 379 g/mol. The van der Waals surface area contributed by atoms with Gasteiger partial charge < -0.3 is 10.6 Å². The maximum atomic E-state index is 12.6. The first-order valence-corrected chi connectivity index (χ1v) is 11.0. The zero-order chi connectivity index (χ0) is 18.6. The fourth-order valence-corrected chi connectivity index (χ4v) is 5.09. The van der Waals surface area contributed by atoms with E-state index in [9.17, 15) is 13.2 Å². The van der Waals surface area contributed by atoms with Crippen LogP contribution in [0.25, 0.3) is 0 Å². The summed E-state index contributed by atoms with van der Waals surface area (Å²) >= 11 is 0. The van der Waals surface area contributed by atoms with Gasteiger partial charge in [-0.2, -0.15) is 0 Å². The Morgan fingerprint density at radius 3 is 2.62 bits per heavy atom. The van der Waals surface area contributed by atoms with Crippen molar-refractivity contribution in [1.29, 1.82) is 0 Å². The Kier molecular flexibility index (Phi) is 5.99. The summed E-state index contributed by atoms with van der Waals surface area (Å²) in [7, 11) is -3.59. The Bertz CT molecular complexity index is 736. The average Bonchev–Trinajstić information content (AvgIpc) is 3.13. The van der Waals surface area contributed by atoms with E-state index >= 15 is 0 Å². The highest BCUT2D eigenvalue weighted by Crippen LogP contribution is 2.27. The van der Waals surface area contributed by atoms with Gasteiger partial charge in [-0.3, -0.25) is 4.79 Å². The molecular weight excluding hydrogens is 350 g/mol. The van der Waals surface area contributed by atoms with Crippen LogP contribution in [0.2, 0.25) is 0 Å². The third-order valence-electron chi connectivity index (χ3n) is 5.57. The smallest absolute Gasteiger partial charge is 0.251 e. The van der Waals surface area contributed by atoms with Crippen molar-refractivity contribution >= 4 is 15.9 Å². The van der Waals surface area contributed by atoms with Gasteiger partial charge in [0.1, 0.15) is 0 Å². The van der Waals surface area contributed by atoms with Gasteiger partial charge in [-0.25, -0.2) is 13.1 Å². The minimum absolute atomic E-state index is 0.0114. The molecular formula is C19H29N3O3S. The fourth-order valence-electron chi connectivity index (χ4n) is 3.74. The number of hydrogen-bond donors (Lipinski definition) is 3. The summed E-state index contributed by atoms with van der Waals surface area (Å²) in [5.74, 6) is -0.220. The van der Waals surface area contributed by atoms with Crippen LogP contribution in [0, 0.1) is 5.41 Å². The molecule has 0 spiro atoms. The van der Waals surface area contributed by atoms with Crippen molar-refractivity contribution < 1.29 is 13.2 Å². The molecule has 3 rings (SSSR count). The number of sulfonamides is 1. The summed E-state index contributed by atoms with van der Waals surface area (Å²) in [6.45, 7) is 4.71. The second kappa shape index (κ2) is 8.06. The molecule has 1 aliphatic heterocycles. The molecule has 1 saturated carbocycles. The molecule has 0 radical (unpaired) electrons. The molecule has 3 N–H and O–H groups in total. The van der Waals surface area contributed by atoms with E-state index in [0.29, 0.717) is 12.1 Å². The Hall–Kier alpha value is -1.44. The van der Waals surface area contributed by atoms with E-state index in [2.05, 4.69) is 22.3 Å². The van der Waals surface area contributed by atoms with Gasteiger partial charge in [0, 0.05) is 18.2 Å². The molecule has 0 bridgehead atoms. The van der Waals surface area contributed by atoms with Gasteiger partial charge in [0.05, 0.1) is 4.90 Å². The van der Waals surface area contributed by atoms with Crippen molar-refractivity contribution in [3.05, 3.63) is 29.8 Å². The summed E-state index contributed by atoms with van der Waals surface area (Å²) in [4.78, 5) is 12.7. The topological polar surface area (TPSA) is 87.3 Å². The lowest BCUT2D eigenvalue weighted by molar-refractivity contribution is 0.0922. The second-order valence-electron chi connectivity index (χ2n) is 7.87. The number of piperidine rings is 1. The molecule has 6 nitrogen and oxygen atoms in total. The molecule has 2 fully saturated rings. The van der Waals surface area contributed by atoms with Crippen molar-refractivity contribution in [2.24, 2.45) is 5.41 Å². The Morgan fingerprint density at radius 1 is 1.23 bits per heavy atom. The molecule has 26 heavy (non-hydrogen) atoms. The molecule has 0 unspecified atom stereocenters. The van der Waals surface area contributed by atoms with Gasteiger partial charge in [-0.15, -0.1) is 0 Å². The highest BCUT2D eigenvalue weighted by molar-refractivity contribution is 7.89. The van der Waals surface area contributed by atoms with Gasteiger partial charge >= 0.3 is 0 Å². The van der Waals surface area contributed by atoms with Gasteiger partial charge in [0.15, 0.2) is 0 Å². The third-order valence-corrected chi connectivity index (χ3v) is 7.09. The van der Waals surface area contributed by atoms with Crippen molar-refractivity contribution in [2.75, 3.05) is 19.6 Å². The number of rotatable bonds is 6. The summed E-state index contributed by atoms with van der Waals surface area (Å²) in [5, 5.41) is 6.31. The molecule has 0 aromatic heterocycles. The highest BCUT2D eigenvalue weighted by atomic mass is 32.2. The van der Waals surface area contributed by atoms with Crippen molar-refractivity contribution in [2.45, 2.75) is 56.4 Å². The first-order valence-electron chi connectivity index (χ1n) is 9.49. The molecule has 7 heteroatoms. The summed E-state index contributed by atoms with van der Waals surface area (Å²) in [5.41, 5.74) is 0.478. The van der Waals surface area contributed by atoms with Crippen LogP contribution in [0.5, 0.6) is 0 Å². The van der Waals surface area contributed by atoms with E-state index in [0.717, 1.165) is 51.6 Å². The van der Waals surface area contributed by atoms with Gasteiger partial charge in [0.25, 0.3) is 5.91 Å². The standard InChI is InChI=1S/C19H29N3O3S/c1-19(9-11-20-12-10-19)14-21-18(23)15-5-4-8-17(13-15)26(24,25)22-16-6-2-3-7-16/h4-5,8,13,16,20,22H,2-3,6-7,9-12,14H2,1H3,(H,21,23). The second-order valence-corrected chi connectivity index (χ2v) is 9.59. The number of nitrogens with one attached hydrogen (secondary N) is 3. The van der Waals surface area contributed by atoms with Crippen LogP contribution in [0.3, 0.4) is 0 Å². The van der Waals surface area contributed by atoms with Crippen molar-refractivity contribution in [3.8, 4) is 0 Å². The van der Waals surface area contributed by atoms with E-state index < -0.39 is 10.0 Å². The molecule has 2 aliphatic rings. The SMILES string of the molecule is CC1(CNC(=O)c2cccc(S(=O)(=O)NC3CCCC3)c2)CCNCC1. The molecule has 1 saturated heterocycles. The normalized spacial score (nSPS) is 20.8. The van der Waals surface area contributed by atoms with Crippen LogP contribution < -0.4 is 15.4 Å². The zero-order valence-corrected chi connectivity index (χ0v) is 16.2. The molecule has 1 heterocycles. The number of carbonyl (C=O) groups excluding carboxylic acids is 1. The Labute approximate surface area is 156 Å². The maximum Gasteiger partial charge on any atom is 0.251 e. The van der Waals surface area contributed by atoms with Gasteiger partial charge in [-0.1, -0.05) is 25.8 Å². The van der Waals surface area contributed by atoms with Crippen LogP contribution >= 0.6 is 0 Å². The number of benzene rings is 1. The predicted molar refractivity (Wildman–Crippen MR) is 102 cm³/mol. The van der Waals surface area contributed by atoms with Gasteiger partial charge in [0.2, 0.25) is 10.0 Å². The van der Waals surface area contributed by atoms with Crippen LogP contribution in [0.1, 0.15) is 55.8 Å². The van der Waals surface area contributed by atoms with E-state index in [1.165, 1.54) is 6.07 Å². The summed E-state index contributed by atoms with van der Waals surface area (Å²) in [6, 6.07) is 6.32. The first-order chi connectivity index (χ1) is 12.4. The fraction of sp³-hybridized carbons (Fsp3) is 0.632. The van der Waals surface area contributed by atoms with E-state index in [-0.39, 0.29) is 22.3 Å². The lowest BCUT2D eigenvalue weighted by atomic mass is 9.81. The largest absolute Gasteiger partial charge is 0.351 e. The predicted octanol–water partition coefficient (Wildman–Crippen LogP) is 2.03. The summed E-state index contributed by atoms with van der Waals surface area (Å²) in [6.07, 6.45) is 5.92. The molecule has 1 aromatic rings. The molecule has 144 valence electrons. The molecule has 1 aliphatic carbocycles. The van der Waals surface area contributed by atoms with Crippen LogP contribution in [0.15, 0.2) is 29.2 Å². The quantitative estimate of drug-likeness (QED) is 0.706. The van der Waals surface area contributed by atoms with Crippen LogP contribution in [-0.2, 0) is 10.0 Å². The number of hydrogen-bond acceptors (Lipinski definition) is 4. The Morgan fingerprint density at radius 2 is 1.92 bits per heavy atom. The van der Waals surface area contributed by atoms with Gasteiger partial charge in [-0.05, 0) is 62.4 Å².